The summed E-state index contributed by atoms with van der Waals surface area (Å²) in [5, 5.41) is 9.13. The minimum absolute atomic E-state index is 0.591. The summed E-state index contributed by atoms with van der Waals surface area (Å²) >= 11 is 5.90. The van der Waals surface area contributed by atoms with Gasteiger partial charge in [-0.2, -0.15) is 0 Å². The number of aliphatic carboxylic acids is 1. The molecule has 0 aromatic carbocycles. The summed E-state index contributed by atoms with van der Waals surface area (Å²) in [6.07, 6.45) is 5.96. The van der Waals surface area contributed by atoms with Crippen LogP contribution in [0.15, 0.2) is 24.5 Å². The van der Waals surface area contributed by atoms with Gasteiger partial charge < -0.3 is 9.51 Å². The predicted molar refractivity (Wildman–Crippen MR) is 61.6 cm³/mol. The molecule has 0 aliphatic carbocycles. The van der Waals surface area contributed by atoms with E-state index in [4.69, 9.17) is 16.7 Å². The van der Waals surface area contributed by atoms with Gasteiger partial charge in [0.1, 0.15) is 5.65 Å². The molecule has 2 rings (SSSR count). The second kappa shape index (κ2) is 3.98. The van der Waals surface area contributed by atoms with Crippen molar-refractivity contribution in [3.8, 4) is 0 Å². The number of imidazole rings is 1. The van der Waals surface area contributed by atoms with Crippen LogP contribution in [0.2, 0.25) is 5.02 Å². The maximum Gasteiger partial charge on any atom is 0.328 e. The largest absolute Gasteiger partial charge is 0.478 e. The predicted octanol–water partition coefficient (Wildman–Crippen LogP) is 2.39. The smallest absolute Gasteiger partial charge is 0.328 e. The van der Waals surface area contributed by atoms with Gasteiger partial charge in [-0.05, 0) is 24.6 Å². The Morgan fingerprint density at radius 3 is 3.00 bits per heavy atom. The lowest BCUT2D eigenvalue weighted by atomic mass is 10.3. The Bertz CT molecular complexity index is 587. The van der Waals surface area contributed by atoms with Gasteiger partial charge in [-0.3, -0.25) is 0 Å². The zero-order valence-corrected chi connectivity index (χ0v) is 9.27. The van der Waals surface area contributed by atoms with Crippen LogP contribution in [0.1, 0.15) is 11.3 Å². The first-order valence-corrected chi connectivity index (χ1v) is 5.00. The van der Waals surface area contributed by atoms with Crippen molar-refractivity contribution < 1.29 is 9.90 Å². The number of carboxylic acid groups (broad SMARTS) is 1. The van der Waals surface area contributed by atoms with Crippen LogP contribution < -0.4 is 0 Å². The van der Waals surface area contributed by atoms with E-state index in [1.807, 2.05) is 13.0 Å². The molecule has 0 fully saturated rings. The number of fused-ring (bicyclic) bond motifs is 1. The van der Waals surface area contributed by atoms with Gasteiger partial charge in [0.2, 0.25) is 0 Å². The Morgan fingerprint density at radius 1 is 1.56 bits per heavy atom. The number of pyridine rings is 1. The van der Waals surface area contributed by atoms with Crippen LogP contribution in [0.25, 0.3) is 11.7 Å². The standard InChI is InChI=1S/C11H9ClN2O2/c1-7-4-8(12)5-14-6-9(13-11(7)14)2-3-10(15)16/h2-6H,1H3,(H,15,16)/b3-2+. The highest BCUT2D eigenvalue weighted by atomic mass is 35.5. The molecule has 1 N–H and O–H groups in total. The van der Waals surface area contributed by atoms with E-state index in [0.717, 1.165) is 17.3 Å². The summed E-state index contributed by atoms with van der Waals surface area (Å²) in [5.41, 5.74) is 2.31. The van der Waals surface area contributed by atoms with Gasteiger partial charge >= 0.3 is 5.97 Å². The summed E-state index contributed by atoms with van der Waals surface area (Å²) in [6.45, 7) is 1.90. The van der Waals surface area contributed by atoms with E-state index < -0.39 is 5.97 Å². The minimum atomic E-state index is -0.994. The third kappa shape index (κ3) is 2.06. The van der Waals surface area contributed by atoms with Gasteiger partial charge in [0.25, 0.3) is 0 Å². The lowest BCUT2D eigenvalue weighted by Crippen LogP contribution is -1.86. The summed E-state index contributed by atoms with van der Waals surface area (Å²) in [7, 11) is 0. The summed E-state index contributed by atoms with van der Waals surface area (Å²) in [6, 6.07) is 1.81. The molecule has 0 radical (unpaired) electrons. The van der Waals surface area contributed by atoms with Gasteiger partial charge in [-0.15, -0.1) is 0 Å². The SMILES string of the molecule is Cc1cc(Cl)cn2cc(/C=C/C(=O)O)nc12. The van der Waals surface area contributed by atoms with E-state index in [1.165, 1.54) is 6.08 Å². The number of aryl methyl sites for hydroxylation is 1. The monoisotopic (exact) mass is 236 g/mol. The topological polar surface area (TPSA) is 54.6 Å². The summed E-state index contributed by atoms with van der Waals surface area (Å²) in [4.78, 5) is 14.6. The Hall–Kier alpha value is -1.81. The van der Waals surface area contributed by atoms with Crippen molar-refractivity contribution in [3.05, 3.63) is 40.8 Å². The number of hydrogen-bond acceptors (Lipinski definition) is 2. The van der Waals surface area contributed by atoms with Crippen molar-refractivity contribution in [2.75, 3.05) is 0 Å². The average Bonchev–Trinajstić information content (AvgIpc) is 2.57. The number of halogens is 1. The van der Waals surface area contributed by atoms with Crippen LogP contribution in [0, 0.1) is 6.92 Å². The molecule has 0 aliphatic heterocycles. The van der Waals surface area contributed by atoms with Crippen LogP contribution in [-0.2, 0) is 4.79 Å². The van der Waals surface area contributed by atoms with Crippen molar-refractivity contribution in [1.29, 1.82) is 0 Å². The fourth-order valence-electron chi connectivity index (χ4n) is 1.48. The Morgan fingerprint density at radius 2 is 2.31 bits per heavy atom. The van der Waals surface area contributed by atoms with Gasteiger partial charge in [0.05, 0.1) is 10.7 Å². The first kappa shape index (κ1) is 10.7. The Labute approximate surface area is 96.8 Å². The van der Waals surface area contributed by atoms with E-state index in [0.29, 0.717) is 10.7 Å². The zero-order chi connectivity index (χ0) is 11.7. The van der Waals surface area contributed by atoms with Crippen molar-refractivity contribution >= 4 is 29.3 Å². The third-order valence-electron chi connectivity index (χ3n) is 2.12. The Kier molecular flexibility index (Phi) is 2.66. The van der Waals surface area contributed by atoms with Crippen LogP contribution in [-0.4, -0.2) is 20.5 Å². The van der Waals surface area contributed by atoms with Crippen LogP contribution in [0.5, 0.6) is 0 Å². The average molecular weight is 237 g/mol. The Balaban J connectivity index is 2.52. The molecule has 0 atom stereocenters. The zero-order valence-electron chi connectivity index (χ0n) is 8.51. The molecule has 0 unspecified atom stereocenters. The first-order chi connectivity index (χ1) is 7.56. The summed E-state index contributed by atoms with van der Waals surface area (Å²) in [5.74, 6) is -0.994. The van der Waals surface area contributed by atoms with E-state index in [1.54, 1.807) is 16.8 Å². The molecular weight excluding hydrogens is 228 g/mol. The molecule has 0 aliphatic rings. The van der Waals surface area contributed by atoms with Crippen molar-refractivity contribution in [1.82, 2.24) is 9.38 Å². The van der Waals surface area contributed by atoms with E-state index in [9.17, 15) is 4.79 Å². The molecule has 5 heteroatoms. The first-order valence-electron chi connectivity index (χ1n) is 4.62. The second-order valence-corrected chi connectivity index (χ2v) is 3.85. The quantitative estimate of drug-likeness (QED) is 0.815. The molecule has 0 saturated carbocycles. The molecule has 2 aromatic rings. The van der Waals surface area contributed by atoms with Crippen LogP contribution >= 0.6 is 11.6 Å². The lowest BCUT2D eigenvalue weighted by molar-refractivity contribution is -0.131. The minimum Gasteiger partial charge on any atom is -0.478 e. The number of carboxylic acids is 1. The number of carbonyl (C=O) groups is 1. The van der Waals surface area contributed by atoms with Crippen LogP contribution in [0.3, 0.4) is 0 Å². The van der Waals surface area contributed by atoms with Gasteiger partial charge in [-0.25, -0.2) is 9.78 Å². The third-order valence-corrected chi connectivity index (χ3v) is 2.32. The highest BCUT2D eigenvalue weighted by Crippen LogP contribution is 2.17. The molecule has 82 valence electrons. The number of rotatable bonds is 2. The normalized spacial score (nSPS) is 11.4. The van der Waals surface area contributed by atoms with E-state index in [-0.39, 0.29) is 0 Å². The highest BCUT2D eigenvalue weighted by Gasteiger charge is 2.03. The highest BCUT2D eigenvalue weighted by molar-refractivity contribution is 6.30. The van der Waals surface area contributed by atoms with Gasteiger partial charge in [-0.1, -0.05) is 11.6 Å². The van der Waals surface area contributed by atoms with Crippen LogP contribution in [0.4, 0.5) is 0 Å². The maximum atomic E-state index is 10.4. The number of aromatic nitrogens is 2. The van der Waals surface area contributed by atoms with Crippen molar-refractivity contribution in [2.24, 2.45) is 0 Å². The van der Waals surface area contributed by atoms with Crippen molar-refractivity contribution in [2.45, 2.75) is 6.92 Å². The maximum absolute atomic E-state index is 10.4. The second-order valence-electron chi connectivity index (χ2n) is 3.41. The number of nitrogens with zero attached hydrogens (tertiary/aromatic N) is 2. The summed E-state index contributed by atoms with van der Waals surface area (Å²) < 4.78 is 1.78. The van der Waals surface area contributed by atoms with E-state index >= 15 is 0 Å². The molecule has 0 saturated heterocycles. The number of hydrogen-bond donors (Lipinski definition) is 1. The van der Waals surface area contributed by atoms with E-state index in [2.05, 4.69) is 4.98 Å². The molecular formula is C11H9ClN2O2. The molecule has 2 aromatic heterocycles. The fraction of sp³-hybridized carbons (Fsp3) is 0.0909. The lowest BCUT2D eigenvalue weighted by Gasteiger charge is -1.97. The fourth-order valence-corrected chi connectivity index (χ4v) is 1.75. The molecule has 2 heterocycles. The van der Waals surface area contributed by atoms with Gasteiger partial charge in [0.15, 0.2) is 0 Å². The van der Waals surface area contributed by atoms with Gasteiger partial charge in [0, 0.05) is 18.5 Å². The molecule has 0 spiro atoms. The molecule has 4 nitrogen and oxygen atoms in total. The van der Waals surface area contributed by atoms with Crippen molar-refractivity contribution in [3.63, 3.8) is 0 Å². The molecule has 16 heavy (non-hydrogen) atoms. The molecule has 0 bridgehead atoms. The molecule has 0 amide bonds.